The molecule has 12 heteroatoms. The van der Waals surface area contributed by atoms with Crippen molar-refractivity contribution in [2.24, 2.45) is 5.41 Å². The number of aliphatic hydroxyl groups is 1. The van der Waals surface area contributed by atoms with Gasteiger partial charge in [-0.25, -0.2) is 14.4 Å². The molecule has 0 unspecified atom stereocenters. The first kappa shape index (κ1) is 26.6. The third-order valence-electron chi connectivity index (χ3n) is 5.75. The van der Waals surface area contributed by atoms with E-state index in [1.807, 2.05) is 0 Å². The van der Waals surface area contributed by atoms with E-state index >= 15 is 0 Å². The van der Waals surface area contributed by atoms with E-state index in [9.17, 15) is 9.18 Å². The molecule has 3 N–H and O–H groups in total. The largest absolute Gasteiger partial charge is 0.461 e. The highest BCUT2D eigenvalue weighted by Crippen LogP contribution is 2.35. The lowest BCUT2D eigenvalue weighted by molar-refractivity contribution is -0.231. The Morgan fingerprint density at radius 2 is 1.97 bits per heavy atom. The molecule has 37 heavy (non-hydrogen) atoms. The average Bonchev–Trinajstić information content (AvgIpc) is 3.35. The Labute approximate surface area is 213 Å². The number of methoxy groups -OCH3 is 1. The maximum absolute atomic E-state index is 13.6. The molecule has 0 aliphatic carbocycles. The van der Waals surface area contributed by atoms with Gasteiger partial charge in [0.2, 0.25) is 12.2 Å². The van der Waals surface area contributed by atoms with Crippen LogP contribution in [0.5, 0.6) is 6.01 Å². The lowest BCUT2D eigenvalue weighted by atomic mass is 9.91. The van der Waals surface area contributed by atoms with Crippen LogP contribution < -0.4 is 10.1 Å². The molecule has 3 aromatic rings. The predicted molar refractivity (Wildman–Crippen MR) is 130 cm³/mol. The van der Waals surface area contributed by atoms with E-state index in [1.165, 1.54) is 12.1 Å². The van der Waals surface area contributed by atoms with Crippen molar-refractivity contribution in [1.29, 1.82) is 0 Å². The average molecular weight is 516 g/mol. The van der Waals surface area contributed by atoms with E-state index in [1.54, 1.807) is 38.4 Å². The standard InChI is InChI=1S/C25H30FN5O6/c1-25(23(33)27-9-3-11-32)14-36-22(37-15-25)21-30-19(16-4-6-17(26)7-5-16)20(31-21)18-8-10-28-24(29-18)35-13-12-34-2/h4-8,10,22,32H,3,9,11-15H2,1-2H3,(H,27,33)(H,30,31). The summed E-state index contributed by atoms with van der Waals surface area (Å²) in [5.74, 6) is -0.210. The highest BCUT2D eigenvalue weighted by Gasteiger charge is 2.40. The van der Waals surface area contributed by atoms with Crippen molar-refractivity contribution in [3.63, 3.8) is 0 Å². The summed E-state index contributed by atoms with van der Waals surface area (Å²) in [6, 6.07) is 7.80. The highest BCUT2D eigenvalue weighted by molar-refractivity contribution is 5.82. The van der Waals surface area contributed by atoms with E-state index < -0.39 is 11.7 Å². The van der Waals surface area contributed by atoms with Crippen molar-refractivity contribution in [3.05, 3.63) is 48.2 Å². The highest BCUT2D eigenvalue weighted by atomic mass is 19.1. The van der Waals surface area contributed by atoms with Crippen LogP contribution in [-0.4, -0.2) is 77.6 Å². The third kappa shape index (κ3) is 6.46. The van der Waals surface area contributed by atoms with E-state index in [0.29, 0.717) is 48.0 Å². The van der Waals surface area contributed by atoms with Gasteiger partial charge in [0, 0.05) is 32.0 Å². The lowest BCUT2D eigenvalue weighted by Crippen LogP contribution is -2.48. The fourth-order valence-corrected chi connectivity index (χ4v) is 3.66. The minimum atomic E-state index is -0.887. The van der Waals surface area contributed by atoms with Crippen molar-refractivity contribution >= 4 is 5.91 Å². The van der Waals surface area contributed by atoms with Crippen molar-refractivity contribution in [2.75, 3.05) is 46.7 Å². The summed E-state index contributed by atoms with van der Waals surface area (Å²) in [4.78, 5) is 29.1. The van der Waals surface area contributed by atoms with Gasteiger partial charge in [-0.3, -0.25) is 4.79 Å². The fraction of sp³-hybridized carbons (Fsp3) is 0.440. The molecule has 0 bridgehead atoms. The van der Waals surface area contributed by atoms with Crippen LogP contribution in [0.1, 0.15) is 25.5 Å². The number of hydrogen-bond donors (Lipinski definition) is 3. The van der Waals surface area contributed by atoms with Crippen LogP contribution in [0.25, 0.3) is 22.6 Å². The zero-order valence-electron chi connectivity index (χ0n) is 20.7. The number of amides is 1. The SMILES string of the molecule is COCCOc1nccc(-c2[nH]c(C3OCC(C)(C(=O)NCCCO)CO3)nc2-c2ccc(F)cc2)n1. The van der Waals surface area contributed by atoms with Gasteiger partial charge < -0.3 is 34.4 Å². The van der Waals surface area contributed by atoms with Gasteiger partial charge in [-0.2, -0.15) is 4.98 Å². The number of aliphatic hydroxyl groups excluding tert-OH is 1. The number of H-pyrrole nitrogens is 1. The Morgan fingerprint density at radius 3 is 2.68 bits per heavy atom. The van der Waals surface area contributed by atoms with Crippen molar-refractivity contribution < 1.29 is 33.2 Å². The molecule has 1 aliphatic rings. The quantitative estimate of drug-likeness (QED) is 0.328. The molecule has 3 heterocycles. The minimum Gasteiger partial charge on any atom is -0.461 e. The molecular formula is C25H30FN5O6. The molecule has 1 fully saturated rings. The second kappa shape index (κ2) is 12.2. The molecule has 11 nitrogen and oxygen atoms in total. The van der Waals surface area contributed by atoms with Gasteiger partial charge in [0.1, 0.15) is 12.4 Å². The molecule has 1 saturated heterocycles. The summed E-state index contributed by atoms with van der Waals surface area (Å²) in [5, 5.41) is 11.7. The molecule has 2 aromatic heterocycles. The van der Waals surface area contributed by atoms with Crippen molar-refractivity contribution in [1.82, 2.24) is 25.3 Å². The van der Waals surface area contributed by atoms with E-state index in [4.69, 9.17) is 29.0 Å². The van der Waals surface area contributed by atoms with Crippen LogP contribution >= 0.6 is 0 Å². The summed E-state index contributed by atoms with van der Waals surface area (Å²) in [6.45, 7) is 3.00. The molecule has 0 radical (unpaired) electrons. The Balaban J connectivity index is 1.58. The number of rotatable bonds is 11. The molecule has 0 saturated carbocycles. The zero-order valence-corrected chi connectivity index (χ0v) is 20.7. The summed E-state index contributed by atoms with van der Waals surface area (Å²) < 4.78 is 35.9. The van der Waals surface area contributed by atoms with Crippen LogP contribution in [-0.2, 0) is 19.0 Å². The number of nitrogens with one attached hydrogen (secondary N) is 2. The van der Waals surface area contributed by atoms with Gasteiger partial charge in [0.15, 0.2) is 5.82 Å². The van der Waals surface area contributed by atoms with Crippen LogP contribution in [0.3, 0.4) is 0 Å². The number of hydrogen-bond acceptors (Lipinski definition) is 9. The van der Waals surface area contributed by atoms with Crippen molar-refractivity contribution in [3.8, 4) is 28.7 Å². The Bertz CT molecular complexity index is 1180. The first-order valence-electron chi connectivity index (χ1n) is 11.9. The third-order valence-corrected chi connectivity index (χ3v) is 5.75. The molecule has 198 valence electrons. The van der Waals surface area contributed by atoms with E-state index in [0.717, 1.165) is 0 Å². The second-order valence-electron chi connectivity index (χ2n) is 8.77. The number of carbonyl (C=O) groups excluding carboxylic acids is 1. The minimum absolute atomic E-state index is 0.00358. The monoisotopic (exact) mass is 515 g/mol. The molecule has 1 amide bonds. The number of nitrogens with zero attached hydrogens (tertiary/aromatic N) is 3. The molecule has 0 spiro atoms. The Morgan fingerprint density at radius 1 is 1.22 bits per heavy atom. The number of benzene rings is 1. The molecular weight excluding hydrogens is 485 g/mol. The number of carbonyl (C=O) groups is 1. The van der Waals surface area contributed by atoms with Crippen LogP contribution in [0.2, 0.25) is 0 Å². The molecule has 1 aromatic carbocycles. The van der Waals surface area contributed by atoms with Crippen molar-refractivity contribution in [2.45, 2.75) is 19.6 Å². The van der Waals surface area contributed by atoms with E-state index in [2.05, 4.69) is 20.3 Å². The number of aromatic amines is 1. The van der Waals surface area contributed by atoms with Gasteiger partial charge >= 0.3 is 6.01 Å². The Kier molecular flexibility index (Phi) is 8.77. The first-order valence-corrected chi connectivity index (χ1v) is 11.9. The summed E-state index contributed by atoms with van der Waals surface area (Å²) >= 11 is 0. The normalized spacial score (nSPS) is 19.5. The zero-order chi connectivity index (χ0) is 26.3. The summed E-state index contributed by atoms with van der Waals surface area (Å²) in [7, 11) is 1.57. The van der Waals surface area contributed by atoms with Crippen LogP contribution in [0, 0.1) is 11.2 Å². The first-order chi connectivity index (χ1) is 17.9. The summed E-state index contributed by atoms with van der Waals surface area (Å²) in [6.07, 6.45) is 1.18. The van der Waals surface area contributed by atoms with Crippen LogP contribution in [0.15, 0.2) is 36.5 Å². The number of aromatic nitrogens is 4. The fourth-order valence-electron chi connectivity index (χ4n) is 3.66. The smallest absolute Gasteiger partial charge is 0.317 e. The topological polar surface area (TPSA) is 141 Å². The van der Waals surface area contributed by atoms with Gasteiger partial charge in [0.25, 0.3) is 0 Å². The van der Waals surface area contributed by atoms with Gasteiger partial charge in [-0.05, 0) is 43.7 Å². The van der Waals surface area contributed by atoms with E-state index in [-0.39, 0.29) is 44.2 Å². The van der Waals surface area contributed by atoms with Gasteiger partial charge in [0.05, 0.1) is 42.3 Å². The predicted octanol–water partition coefficient (Wildman–Crippen LogP) is 2.25. The second-order valence-corrected chi connectivity index (χ2v) is 8.77. The number of halogens is 1. The molecule has 1 aliphatic heterocycles. The maximum atomic E-state index is 13.6. The van der Waals surface area contributed by atoms with Gasteiger partial charge in [-0.15, -0.1) is 0 Å². The van der Waals surface area contributed by atoms with Gasteiger partial charge in [-0.1, -0.05) is 0 Å². The molecule has 4 rings (SSSR count). The maximum Gasteiger partial charge on any atom is 0.317 e. The molecule has 0 atom stereocenters. The Hall–Kier alpha value is -3.45. The van der Waals surface area contributed by atoms with Crippen LogP contribution in [0.4, 0.5) is 4.39 Å². The number of ether oxygens (including phenoxy) is 4. The summed E-state index contributed by atoms with van der Waals surface area (Å²) in [5.41, 5.74) is 1.33. The lowest BCUT2D eigenvalue weighted by Gasteiger charge is -2.35. The number of imidazole rings is 1.